The third-order valence-electron chi connectivity index (χ3n) is 5.68. The van der Waals surface area contributed by atoms with Gasteiger partial charge in [-0.15, -0.1) is 11.3 Å². The molecule has 2 aromatic rings. The lowest BCUT2D eigenvalue weighted by atomic mass is 10.1. The smallest absolute Gasteiger partial charge is 0.317 e. The average molecular weight is 420 g/mol. The van der Waals surface area contributed by atoms with E-state index in [0.29, 0.717) is 32.6 Å². The largest absolute Gasteiger partial charge is 0.379 e. The van der Waals surface area contributed by atoms with Gasteiger partial charge in [-0.05, 0) is 18.4 Å². The second-order valence-electron chi connectivity index (χ2n) is 7.64. The normalized spacial score (nSPS) is 17.5. The fourth-order valence-corrected chi connectivity index (χ4v) is 5.10. The van der Waals surface area contributed by atoms with Crippen molar-refractivity contribution in [2.75, 3.05) is 45.9 Å². The molecule has 0 aliphatic carbocycles. The van der Waals surface area contributed by atoms with Gasteiger partial charge in [0.15, 0.2) is 0 Å². The molecule has 1 fully saturated rings. The molecule has 2 aromatic heterocycles. The number of amides is 2. The SMILES string of the molecule is CCCCNC(=O)N1CCc2c(sc3ncn(CCN4CCOCC4)c(=O)c23)C1. The quantitative estimate of drug-likeness (QED) is 0.721. The van der Waals surface area contributed by atoms with Crippen LogP contribution < -0.4 is 10.9 Å². The minimum Gasteiger partial charge on any atom is -0.379 e. The van der Waals surface area contributed by atoms with E-state index in [-0.39, 0.29) is 11.6 Å². The molecule has 2 aliphatic rings. The third-order valence-corrected chi connectivity index (χ3v) is 6.81. The second-order valence-corrected chi connectivity index (χ2v) is 8.72. The van der Waals surface area contributed by atoms with E-state index in [4.69, 9.17) is 4.74 Å². The summed E-state index contributed by atoms with van der Waals surface area (Å²) in [6.07, 6.45) is 4.43. The molecule has 0 radical (unpaired) electrons. The number of thiophene rings is 1. The number of urea groups is 1. The standard InChI is InChI=1S/C20H29N5O3S/c1-2-3-5-21-20(27)24-6-4-15-16(13-24)29-18-17(15)19(26)25(14-22-18)8-7-23-9-11-28-12-10-23/h14H,2-13H2,1H3,(H,21,27). The van der Waals surface area contributed by atoms with Crippen LogP contribution in [0.5, 0.6) is 0 Å². The Bertz CT molecular complexity index is 919. The Morgan fingerprint density at radius 3 is 2.90 bits per heavy atom. The van der Waals surface area contributed by atoms with E-state index in [0.717, 1.165) is 66.3 Å². The van der Waals surface area contributed by atoms with Crippen LogP contribution in [0, 0.1) is 0 Å². The first-order valence-electron chi connectivity index (χ1n) is 10.5. The van der Waals surface area contributed by atoms with E-state index in [1.54, 1.807) is 22.2 Å². The molecule has 2 aliphatic heterocycles. The molecule has 1 saturated heterocycles. The summed E-state index contributed by atoms with van der Waals surface area (Å²) in [5.41, 5.74) is 1.13. The molecule has 4 rings (SSSR count). The van der Waals surface area contributed by atoms with Crippen molar-refractivity contribution >= 4 is 27.6 Å². The molecular weight excluding hydrogens is 390 g/mol. The summed E-state index contributed by atoms with van der Waals surface area (Å²) in [5, 5.41) is 3.73. The first kappa shape index (κ1) is 20.3. The highest BCUT2D eigenvalue weighted by Crippen LogP contribution is 2.32. The van der Waals surface area contributed by atoms with Gasteiger partial charge in [0.25, 0.3) is 5.56 Å². The number of unbranched alkanes of at least 4 members (excludes halogenated alkanes) is 1. The van der Waals surface area contributed by atoms with Crippen LogP contribution in [0.15, 0.2) is 11.1 Å². The minimum absolute atomic E-state index is 0.0163. The molecule has 4 heterocycles. The van der Waals surface area contributed by atoms with Crippen molar-refractivity contribution < 1.29 is 9.53 Å². The van der Waals surface area contributed by atoms with Gasteiger partial charge >= 0.3 is 6.03 Å². The van der Waals surface area contributed by atoms with Crippen molar-refractivity contribution in [1.29, 1.82) is 0 Å². The number of morpholine rings is 1. The van der Waals surface area contributed by atoms with E-state index >= 15 is 0 Å². The number of aromatic nitrogens is 2. The number of nitrogens with zero attached hydrogens (tertiary/aromatic N) is 4. The van der Waals surface area contributed by atoms with E-state index in [1.165, 1.54) is 0 Å². The monoisotopic (exact) mass is 419 g/mol. The van der Waals surface area contributed by atoms with Crippen LogP contribution in [0.1, 0.15) is 30.2 Å². The van der Waals surface area contributed by atoms with Gasteiger partial charge in [0.2, 0.25) is 0 Å². The molecule has 0 saturated carbocycles. The average Bonchev–Trinajstić information content (AvgIpc) is 3.12. The molecule has 0 bridgehead atoms. The fourth-order valence-electron chi connectivity index (χ4n) is 3.91. The molecule has 0 spiro atoms. The highest BCUT2D eigenvalue weighted by Gasteiger charge is 2.26. The Morgan fingerprint density at radius 1 is 1.28 bits per heavy atom. The van der Waals surface area contributed by atoms with Crippen molar-refractivity contribution in [3.05, 3.63) is 27.1 Å². The fraction of sp³-hybridized carbons (Fsp3) is 0.650. The molecule has 0 aromatic carbocycles. The van der Waals surface area contributed by atoms with E-state index in [2.05, 4.69) is 22.1 Å². The maximum atomic E-state index is 13.1. The zero-order chi connectivity index (χ0) is 20.2. The zero-order valence-electron chi connectivity index (χ0n) is 17.0. The molecule has 2 amide bonds. The van der Waals surface area contributed by atoms with Gasteiger partial charge in [-0.2, -0.15) is 0 Å². The van der Waals surface area contributed by atoms with Crippen molar-refractivity contribution in [3.63, 3.8) is 0 Å². The molecule has 0 unspecified atom stereocenters. The Morgan fingerprint density at radius 2 is 2.10 bits per heavy atom. The summed E-state index contributed by atoms with van der Waals surface area (Å²) in [4.78, 5) is 36.1. The number of fused-ring (bicyclic) bond motifs is 3. The summed E-state index contributed by atoms with van der Waals surface area (Å²) >= 11 is 1.55. The maximum absolute atomic E-state index is 13.1. The van der Waals surface area contributed by atoms with Crippen molar-refractivity contribution in [1.82, 2.24) is 24.7 Å². The van der Waals surface area contributed by atoms with E-state index < -0.39 is 0 Å². The third kappa shape index (κ3) is 4.46. The Balaban J connectivity index is 1.48. The van der Waals surface area contributed by atoms with Gasteiger partial charge in [-0.1, -0.05) is 13.3 Å². The number of carbonyl (C=O) groups excluding carboxylic acids is 1. The van der Waals surface area contributed by atoms with Crippen molar-refractivity contribution in [2.24, 2.45) is 0 Å². The number of rotatable bonds is 6. The van der Waals surface area contributed by atoms with Crippen LogP contribution in [0.25, 0.3) is 10.2 Å². The molecular formula is C20H29N5O3S. The molecule has 158 valence electrons. The lowest BCUT2D eigenvalue weighted by molar-refractivity contribution is 0.0362. The Labute approximate surface area is 174 Å². The van der Waals surface area contributed by atoms with Crippen LogP contribution in [-0.2, 0) is 24.2 Å². The molecule has 1 N–H and O–H groups in total. The second kappa shape index (κ2) is 9.23. The van der Waals surface area contributed by atoms with Crippen LogP contribution in [0.4, 0.5) is 4.79 Å². The summed E-state index contributed by atoms with van der Waals surface area (Å²) in [5.74, 6) is 0. The maximum Gasteiger partial charge on any atom is 0.317 e. The first-order chi connectivity index (χ1) is 14.2. The van der Waals surface area contributed by atoms with E-state index in [1.807, 2.05) is 4.90 Å². The van der Waals surface area contributed by atoms with Crippen LogP contribution >= 0.6 is 11.3 Å². The summed E-state index contributed by atoms with van der Waals surface area (Å²) in [6.45, 7) is 8.81. The van der Waals surface area contributed by atoms with E-state index in [9.17, 15) is 9.59 Å². The molecule has 0 atom stereocenters. The summed E-state index contributed by atoms with van der Waals surface area (Å²) < 4.78 is 7.11. The minimum atomic E-state index is -0.0163. The van der Waals surface area contributed by atoms with Crippen molar-refractivity contribution in [3.8, 4) is 0 Å². The van der Waals surface area contributed by atoms with Crippen molar-refractivity contribution in [2.45, 2.75) is 39.3 Å². The number of nitrogens with one attached hydrogen (secondary N) is 1. The molecule has 9 heteroatoms. The van der Waals surface area contributed by atoms with Gasteiger partial charge in [-0.3, -0.25) is 14.3 Å². The lowest BCUT2D eigenvalue weighted by Gasteiger charge is -2.27. The zero-order valence-corrected chi connectivity index (χ0v) is 17.8. The Kier molecular flexibility index (Phi) is 6.46. The predicted molar refractivity (Wildman–Crippen MR) is 114 cm³/mol. The van der Waals surface area contributed by atoms with Gasteiger partial charge in [0.1, 0.15) is 4.83 Å². The predicted octanol–water partition coefficient (Wildman–Crippen LogP) is 1.66. The number of hydrogen-bond donors (Lipinski definition) is 1. The number of carbonyl (C=O) groups is 1. The van der Waals surface area contributed by atoms with Crippen LogP contribution in [0.3, 0.4) is 0 Å². The Hall–Kier alpha value is -1.97. The lowest BCUT2D eigenvalue weighted by Crippen LogP contribution is -2.42. The highest BCUT2D eigenvalue weighted by molar-refractivity contribution is 7.18. The van der Waals surface area contributed by atoms with Gasteiger partial charge in [-0.25, -0.2) is 9.78 Å². The number of hydrogen-bond acceptors (Lipinski definition) is 6. The number of ether oxygens (including phenoxy) is 1. The summed E-state index contributed by atoms with van der Waals surface area (Å²) in [7, 11) is 0. The van der Waals surface area contributed by atoms with Gasteiger partial charge in [0, 0.05) is 44.1 Å². The molecule has 29 heavy (non-hydrogen) atoms. The summed E-state index contributed by atoms with van der Waals surface area (Å²) in [6, 6.07) is -0.0163. The van der Waals surface area contributed by atoms with Crippen LogP contribution in [0.2, 0.25) is 0 Å². The van der Waals surface area contributed by atoms with Gasteiger partial charge in [0.05, 0.1) is 31.5 Å². The van der Waals surface area contributed by atoms with Gasteiger partial charge < -0.3 is 15.0 Å². The highest BCUT2D eigenvalue weighted by atomic mass is 32.1. The topological polar surface area (TPSA) is 79.7 Å². The molecule has 8 nitrogen and oxygen atoms in total. The first-order valence-corrected chi connectivity index (χ1v) is 11.3. The van der Waals surface area contributed by atoms with Crippen LogP contribution in [-0.4, -0.2) is 71.3 Å².